The number of allylic oxidation sites excluding steroid dienone is 1. The van der Waals surface area contributed by atoms with Crippen LogP contribution >= 0.6 is 0 Å². The largest absolute Gasteiger partial charge is 0.400 e. The molecule has 2 aromatic rings. The molecule has 0 aliphatic carbocycles. The highest BCUT2D eigenvalue weighted by Crippen LogP contribution is 2.06. The third-order valence-electron chi connectivity index (χ3n) is 3.19. The summed E-state index contributed by atoms with van der Waals surface area (Å²) in [6, 6.07) is 3.99. The average Bonchev–Trinajstić information content (AvgIpc) is 3.05. The molecule has 0 fully saturated rings. The van der Waals surface area contributed by atoms with Crippen LogP contribution in [0.1, 0.15) is 18.3 Å². The maximum Gasteiger partial charge on any atom is 0.374 e. The molecule has 0 amide bonds. The van der Waals surface area contributed by atoms with Gasteiger partial charge in [-0.1, -0.05) is 0 Å². The predicted molar refractivity (Wildman–Crippen MR) is 75.7 cm³/mol. The number of aromatic nitrogens is 4. The summed E-state index contributed by atoms with van der Waals surface area (Å²) < 4.78 is 3.88. The first-order valence-corrected chi connectivity index (χ1v) is 6.36. The summed E-state index contributed by atoms with van der Waals surface area (Å²) in [6.07, 6.45) is 7.92. The van der Waals surface area contributed by atoms with Crippen LogP contribution in [0.3, 0.4) is 0 Å². The molecule has 1 aliphatic heterocycles. The number of hydrazone groups is 1. The van der Waals surface area contributed by atoms with E-state index in [1.807, 2.05) is 71.7 Å². The van der Waals surface area contributed by atoms with E-state index < -0.39 is 7.12 Å². The van der Waals surface area contributed by atoms with Crippen molar-refractivity contribution in [3.8, 4) is 0 Å². The number of nitrogens with zero attached hydrogens (tertiary/aromatic N) is 6. The van der Waals surface area contributed by atoms with Crippen molar-refractivity contribution in [3.05, 3.63) is 48.2 Å². The molecular weight excluding hydrogens is 239 g/mol. The van der Waals surface area contributed by atoms with Gasteiger partial charge in [0.15, 0.2) is 0 Å². The van der Waals surface area contributed by atoms with Crippen molar-refractivity contribution in [2.24, 2.45) is 0 Å². The molecule has 3 rings (SSSR count). The van der Waals surface area contributed by atoms with Gasteiger partial charge in [-0.25, -0.2) is 15.1 Å². The van der Waals surface area contributed by atoms with Crippen molar-refractivity contribution in [3.63, 3.8) is 0 Å². The summed E-state index contributed by atoms with van der Waals surface area (Å²) in [5.41, 5.74) is 2.97. The van der Waals surface area contributed by atoms with Crippen molar-refractivity contribution in [1.82, 2.24) is 29.4 Å². The molecule has 6 nitrogen and oxygen atoms in total. The van der Waals surface area contributed by atoms with E-state index in [2.05, 4.69) is 15.3 Å². The van der Waals surface area contributed by atoms with E-state index in [1.165, 1.54) is 0 Å². The highest BCUT2D eigenvalue weighted by atomic mass is 15.5. The number of hydrogen-bond donors (Lipinski definition) is 0. The third kappa shape index (κ3) is 2.19. The Bertz CT molecular complexity index is 612. The lowest BCUT2D eigenvalue weighted by Gasteiger charge is -2.25. The van der Waals surface area contributed by atoms with Gasteiger partial charge in [0.05, 0.1) is 11.4 Å². The monoisotopic (exact) mass is 255 g/mol. The second kappa shape index (κ2) is 4.42. The maximum atomic E-state index is 4.51. The summed E-state index contributed by atoms with van der Waals surface area (Å²) in [5, 5.41) is 13.5. The van der Waals surface area contributed by atoms with Gasteiger partial charge in [0.1, 0.15) is 5.10 Å². The van der Waals surface area contributed by atoms with E-state index in [0.29, 0.717) is 0 Å². The van der Waals surface area contributed by atoms with Crippen LogP contribution < -0.4 is 5.10 Å². The first-order chi connectivity index (χ1) is 9.13. The van der Waals surface area contributed by atoms with Gasteiger partial charge < -0.3 is 9.19 Å². The molecule has 97 valence electrons. The fourth-order valence-corrected chi connectivity index (χ4v) is 2.31. The predicted octanol–water partition coefficient (Wildman–Crippen LogP) is 0.351. The van der Waals surface area contributed by atoms with E-state index in [1.54, 1.807) is 0 Å². The van der Waals surface area contributed by atoms with E-state index in [-0.39, 0.29) is 0 Å². The smallest absolute Gasteiger partial charge is 0.374 e. The highest BCUT2D eigenvalue weighted by molar-refractivity contribution is 6.52. The van der Waals surface area contributed by atoms with Gasteiger partial charge in [-0.15, -0.1) is 0 Å². The van der Waals surface area contributed by atoms with E-state index in [0.717, 1.165) is 17.1 Å². The fraction of sp³-hybridized carbons (Fsp3) is 0.250. The Morgan fingerprint density at radius 1 is 1.00 bits per heavy atom. The lowest BCUT2D eigenvalue weighted by atomic mass is 9.94. The van der Waals surface area contributed by atoms with Gasteiger partial charge in [-0.2, -0.15) is 0 Å². The molecule has 0 aromatic carbocycles. The van der Waals surface area contributed by atoms with Gasteiger partial charge in [0.25, 0.3) is 5.71 Å². The quantitative estimate of drug-likeness (QED) is 0.744. The average molecular weight is 255 g/mol. The van der Waals surface area contributed by atoms with Crippen molar-refractivity contribution < 1.29 is 0 Å². The van der Waals surface area contributed by atoms with Crippen molar-refractivity contribution in [2.75, 3.05) is 0 Å². The van der Waals surface area contributed by atoms with Crippen LogP contribution in [0.25, 0.3) is 0 Å². The van der Waals surface area contributed by atoms with Crippen LogP contribution in [0.2, 0.25) is 0 Å². The summed E-state index contributed by atoms with van der Waals surface area (Å²) in [4.78, 5) is 1.94. The molecule has 0 N–H and O–H groups in total. The van der Waals surface area contributed by atoms with Crippen LogP contribution in [0.4, 0.5) is 0 Å². The maximum absolute atomic E-state index is 4.51. The molecule has 2 aromatic heterocycles. The lowest BCUT2D eigenvalue weighted by Crippen LogP contribution is -2.49. The van der Waals surface area contributed by atoms with E-state index in [9.17, 15) is 0 Å². The standard InChI is InChI=1S/C12H16BN6/c1-10-4-7-17(14-10)13(18-8-5-11(2)15-18)19-9-6-12(3)16-19/h4-9,13H,1-3H3. The molecule has 0 saturated heterocycles. The summed E-state index contributed by atoms with van der Waals surface area (Å²) >= 11 is 0. The zero-order chi connectivity index (χ0) is 13.4. The van der Waals surface area contributed by atoms with Gasteiger partial charge in [0, 0.05) is 19.2 Å². The molecule has 1 aliphatic rings. The molecule has 0 unspecified atom stereocenters. The first-order valence-electron chi connectivity index (χ1n) is 6.36. The Hall–Kier alpha value is -2.31. The van der Waals surface area contributed by atoms with Crippen molar-refractivity contribution in [1.29, 1.82) is 0 Å². The Balaban J connectivity index is 2.03. The molecule has 19 heavy (non-hydrogen) atoms. The zero-order valence-electron chi connectivity index (χ0n) is 11.4. The Kier molecular flexibility index (Phi) is 2.74. The minimum Gasteiger partial charge on any atom is -0.400 e. The van der Waals surface area contributed by atoms with Crippen molar-refractivity contribution in [2.45, 2.75) is 20.8 Å². The Labute approximate surface area is 112 Å². The molecule has 0 bridgehead atoms. The molecule has 3 heterocycles. The number of aryl methyl sites for hydroxylation is 2. The second-order valence-electron chi connectivity index (χ2n) is 4.91. The molecule has 7 heteroatoms. The number of hydrogen-bond acceptors (Lipinski definition) is 4. The summed E-state index contributed by atoms with van der Waals surface area (Å²) in [6.45, 7) is 5.95. The number of rotatable bonds is 3. The van der Waals surface area contributed by atoms with Gasteiger partial charge in [-0.05, 0) is 38.4 Å². The van der Waals surface area contributed by atoms with Crippen LogP contribution in [0, 0.1) is 13.8 Å². The molecule has 1 radical (unpaired) electrons. The zero-order valence-corrected chi connectivity index (χ0v) is 11.4. The molecule has 0 atom stereocenters. The minimum atomic E-state index is -1.18. The second-order valence-corrected chi connectivity index (χ2v) is 4.91. The first kappa shape index (κ1) is 11.8. The van der Waals surface area contributed by atoms with Crippen molar-refractivity contribution >= 4 is 12.8 Å². The van der Waals surface area contributed by atoms with E-state index in [4.69, 9.17) is 0 Å². The van der Waals surface area contributed by atoms with Gasteiger partial charge in [-0.3, -0.25) is 0 Å². The normalized spacial score (nSPS) is 14.5. The Morgan fingerprint density at radius 3 is 1.95 bits per heavy atom. The molecule has 0 spiro atoms. The third-order valence-corrected chi connectivity index (χ3v) is 3.19. The summed E-state index contributed by atoms with van der Waals surface area (Å²) in [5.74, 6) is 0. The van der Waals surface area contributed by atoms with E-state index >= 15 is 0 Å². The lowest BCUT2D eigenvalue weighted by molar-refractivity contribution is 0.517. The van der Waals surface area contributed by atoms with Crippen LogP contribution in [0.15, 0.2) is 36.8 Å². The minimum absolute atomic E-state index is 0.991. The van der Waals surface area contributed by atoms with Crippen LogP contribution in [-0.2, 0) is 0 Å². The molecule has 0 saturated carbocycles. The van der Waals surface area contributed by atoms with Crippen LogP contribution in [-0.4, -0.2) is 37.1 Å². The Morgan fingerprint density at radius 2 is 1.58 bits per heavy atom. The van der Waals surface area contributed by atoms with Gasteiger partial charge in [0.2, 0.25) is 0 Å². The van der Waals surface area contributed by atoms with Crippen LogP contribution in [0.5, 0.6) is 0 Å². The van der Waals surface area contributed by atoms with Gasteiger partial charge >= 0.3 is 7.12 Å². The fourth-order valence-electron chi connectivity index (χ4n) is 2.31. The topological polar surface area (TPSA) is 53.0 Å². The summed E-state index contributed by atoms with van der Waals surface area (Å²) in [7, 11) is -1.18. The molecular formula is C12H16BN6. The SMILES string of the molecule is CC1=[N+]N([BH-](n2ccc(C)n2)n2ccc(C)n2)C=C1. The highest BCUT2D eigenvalue weighted by Gasteiger charge is 2.26.